The standard InChI is InChI=1S/C6H11NO.C3H8.C2H6/c1-6(2)3-4-7-5(6)8;1-3-2;1-2/h3-4H2,1-2H3,(H,7,8);3H2,1-2H3;1-2H3. The lowest BCUT2D eigenvalue weighted by Crippen LogP contribution is -2.24. The molecule has 0 spiro atoms. The molecule has 0 aromatic heterocycles. The quantitative estimate of drug-likeness (QED) is 0.620. The molecule has 0 atom stereocenters. The molecule has 1 fully saturated rings. The van der Waals surface area contributed by atoms with E-state index in [1.165, 1.54) is 6.42 Å². The molecule has 0 saturated carbocycles. The Kier molecular flexibility index (Phi) is 9.31. The van der Waals surface area contributed by atoms with Crippen LogP contribution < -0.4 is 5.32 Å². The summed E-state index contributed by atoms with van der Waals surface area (Å²) >= 11 is 0. The molecule has 1 aliphatic rings. The lowest BCUT2D eigenvalue weighted by molar-refractivity contribution is -0.126. The van der Waals surface area contributed by atoms with Crippen LogP contribution in [0.25, 0.3) is 0 Å². The average molecular weight is 187 g/mol. The van der Waals surface area contributed by atoms with Crippen molar-refractivity contribution in [1.82, 2.24) is 5.32 Å². The molecule has 0 aliphatic carbocycles. The van der Waals surface area contributed by atoms with Gasteiger partial charge in [-0.05, 0) is 6.42 Å². The number of rotatable bonds is 0. The molecule has 0 aromatic rings. The third-order valence-corrected chi connectivity index (χ3v) is 1.65. The van der Waals surface area contributed by atoms with Crippen molar-refractivity contribution >= 4 is 5.91 Å². The minimum absolute atomic E-state index is 0.0972. The number of hydrogen-bond donors (Lipinski definition) is 1. The second-order valence-corrected chi connectivity index (χ2v) is 3.60. The lowest BCUT2D eigenvalue weighted by atomic mass is 9.92. The fourth-order valence-corrected chi connectivity index (χ4v) is 0.841. The first-order valence-corrected chi connectivity index (χ1v) is 5.33. The van der Waals surface area contributed by atoms with Gasteiger partial charge >= 0.3 is 0 Å². The highest BCUT2D eigenvalue weighted by Gasteiger charge is 2.31. The van der Waals surface area contributed by atoms with Crippen molar-refractivity contribution in [2.75, 3.05) is 6.54 Å². The first kappa shape index (κ1) is 15.0. The Bertz CT molecular complexity index is 130. The van der Waals surface area contributed by atoms with E-state index in [0.717, 1.165) is 13.0 Å². The van der Waals surface area contributed by atoms with E-state index in [1.807, 2.05) is 27.7 Å². The first-order chi connectivity index (χ1) is 6.04. The van der Waals surface area contributed by atoms with Gasteiger partial charge in [-0.1, -0.05) is 48.0 Å². The van der Waals surface area contributed by atoms with Crippen LogP contribution in [0.5, 0.6) is 0 Å². The Morgan fingerprint density at radius 2 is 1.69 bits per heavy atom. The summed E-state index contributed by atoms with van der Waals surface area (Å²) in [5.74, 6) is 0.192. The van der Waals surface area contributed by atoms with Crippen LogP contribution in [0.2, 0.25) is 0 Å². The van der Waals surface area contributed by atoms with Crippen molar-refractivity contribution in [3.8, 4) is 0 Å². The van der Waals surface area contributed by atoms with Crippen molar-refractivity contribution in [2.24, 2.45) is 5.41 Å². The maximum absolute atomic E-state index is 10.8. The Labute approximate surface area is 83.1 Å². The van der Waals surface area contributed by atoms with Gasteiger partial charge in [0.2, 0.25) is 5.91 Å². The van der Waals surface area contributed by atoms with Gasteiger partial charge in [-0.3, -0.25) is 4.79 Å². The van der Waals surface area contributed by atoms with Crippen LogP contribution in [-0.2, 0) is 4.79 Å². The van der Waals surface area contributed by atoms with Crippen molar-refractivity contribution in [1.29, 1.82) is 0 Å². The van der Waals surface area contributed by atoms with Gasteiger partial charge in [0.1, 0.15) is 0 Å². The van der Waals surface area contributed by atoms with Gasteiger partial charge in [0.25, 0.3) is 0 Å². The van der Waals surface area contributed by atoms with Gasteiger partial charge in [-0.15, -0.1) is 0 Å². The fraction of sp³-hybridized carbons (Fsp3) is 0.909. The summed E-state index contributed by atoms with van der Waals surface area (Å²) in [6.45, 7) is 13.0. The van der Waals surface area contributed by atoms with Crippen molar-refractivity contribution in [3.63, 3.8) is 0 Å². The van der Waals surface area contributed by atoms with Gasteiger partial charge in [0, 0.05) is 12.0 Å². The number of nitrogens with one attached hydrogen (secondary N) is 1. The van der Waals surface area contributed by atoms with Crippen LogP contribution in [-0.4, -0.2) is 12.5 Å². The fourth-order valence-electron chi connectivity index (χ4n) is 0.841. The molecule has 1 rings (SSSR count). The third-order valence-electron chi connectivity index (χ3n) is 1.65. The van der Waals surface area contributed by atoms with Crippen LogP contribution >= 0.6 is 0 Å². The Hall–Kier alpha value is -0.530. The summed E-state index contributed by atoms with van der Waals surface area (Å²) < 4.78 is 0. The van der Waals surface area contributed by atoms with E-state index in [2.05, 4.69) is 19.2 Å². The highest BCUT2D eigenvalue weighted by Crippen LogP contribution is 2.23. The monoisotopic (exact) mass is 187 g/mol. The Morgan fingerprint density at radius 3 is 1.77 bits per heavy atom. The molecule has 1 heterocycles. The molecule has 80 valence electrons. The summed E-state index contributed by atoms with van der Waals surface area (Å²) in [5, 5.41) is 2.77. The van der Waals surface area contributed by atoms with Crippen molar-refractivity contribution < 1.29 is 4.79 Å². The van der Waals surface area contributed by atoms with Crippen LogP contribution in [0.4, 0.5) is 0 Å². The highest BCUT2D eigenvalue weighted by atomic mass is 16.2. The summed E-state index contributed by atoms with van der Waals surface area (Å²) in [6.07, 6.45) is 2.23. The molecule has 1 amide bonds. The zero-order valence-corrected chi connectivity index (χ0v) is 10.0. The van der Waals surface area contributed by atoms with Gasteiger partial charge in [-0.25, -0.2) is 0 Å². The van der Waals surface area contributed by atoms with E-state index < -0.39 is 0 Å². The molecule has 0 aromatic carbocycles. The smallest absolute Gasteiger partial charge is 0.225 e. The Morgan fingerprint density at radius 1 is 1.31 bits per heavy atom. The molecule has 13 heavy (non-hydrogen) atoms. The minimum Gasteiger partial charge on any atom is -0.356 e. The number of carbonyl (C=O) groups is 1. The van der Waals surface area contributed by atoms with Crippen LogP contribution in [0.15, 0.2) is 0 Å². The lowest BCUT2D eigenvalue weighted by Gasteiger charge is -2.10. The van der Waals surface area contributed by atoms with Crippen molar-refractivity contribution in [3.05, 3.63) is 0 Å². The third kappa shape index (κ3) is 6.62. The zero-order chi connectivity index (χ0) is 10.9. The molecule has 1 N–H and O–H groups in total. The highest BCUT2D eigenvalue weighted by molar-refractivity contribution is 5.83. The summed E-state index contributed by atoms with van der Waals surface area (Å²) in [6, 6.07) is 0. The van der Waals surface area contributed by atoms with Gasteiger partial charge < -0.3 is 5.32 Å². The molecule has 1 aliphatic heterocycles. The van der Waals surface area contributed by atoms with Crippen molar-refractivity contribution in [2.45, 2.75) is 54.4 Å². The molecule has 0 unspecified atom stereocenters. The molecule has 0 bridgehead atoms. The molecular formula is C11H25NO. The molecule has 2 nitrogen and oxygen atoms in total. The molecule has 1 saturated heterocycles. The van der Waals surface area contributed by atoms with E-state index in [4.69, 9.17) is 0 Å². The number of carbonyl (C=O) groups excluding carboxylic acids is 1. The predicted molar refractivity (Wildman–Crippen MR) is 58.7 cm³/mol. The van der Waals surface area contributed by atoms with E-state index >= 15 is 0 Å². The van der Waals surface area contributed by atoms with E-state index in [9.17, 15) is 4.79 Å². The van der Waals surface area contributed by atoms with E-state index in [0.29, 0.717) is 0 Å². The first-order valence-electron chi connectivity index (χ1n) is 5.33. The second kappa shape index (κ2) is 8.09. The van der Waals surface area contributed by atoms with Gasteiger partial charge in [0.05, 0.1) is 0 Å². The topological polar surface area (TPSA) is 29.1 Å². The van der Waals surface area contributed by atoms with Crippen LogP contribution in [0.3, 0.4) is 0 Å². The van der Waals surface area contributed by atoms with Gasteiger partial charge in [-0.2, -0.15) is 0 Å². The summed E-state index contributed by atoms with van der Waals surface area (Å²) in [5.41, 5.74) is -0.0972. The molecule has 0 radical (unpaired) electrons. The van der Waals surface area contributed by atoms with Gasteiger partial charge in [0.15, 0.2) is 0 Å². The normalized spacial score (nSPS) is 17.5. The maximum Gasteiger partial charge on any atom is 0.225 e. The average Bonchev–Trinajstić information content (AvgIpc) is 2.36. The number of hydrogen-bond acceptors (Lipinski definition) is 1. The minimum atomic E-state index is -0.0972. The SMILES string of the molecule is CC.CC1(C)CCNC1=O.CCC. The molecule has 2 heteroatoms. The van der Waals surface area contributed by atoms with E-state index in [1.54, 1.807) is 0 Å². The maximum atomic E-state index is 10.8. The van der Waals surface area contributed by atoms with E-state index in [-0.39, 0.29) is 11.3 Å². The zero-order valence-electron chi connectivity index (χ0n) is 10.0. The van der Waals surface area contributed by atoms with Crippen LogP contribution in [0, 0.1) is 5.41 Å². The van der Waals surface area contributed by atoms with Crippen LogP contribution in [0.1, 0.15) is 54.4 Å². The summed E-state index contributed by atoms with van der Waals surface area (Å²) in [4.78, 5) is 10.8. The second-order valence-electron chi connectivity index (χ2n) is 3.60. The Balaban J connectivity index is 0. The largest absolute Gasteiger partial charge is 0.356 e. The predicted octanol–water partition coefficient (Wildman–Crippen LogP) is 2.98. The molecular weight excluding hydrogens is 162 g/mol. The summed E-state index contributed by atoms with van der Waals surface area (Å²) in [7, 11) is 0. The number of amides is 1.